The van der Waals surface area contributed by atoms with Crippen LogP contribution < -0.4 is 10.3 Å². The Hall–Kier alpha value is -2.29. The smallest absolute Gasteiger partial charge is 0.0590 e. The summed E-state index contributed by atoms with van der Waals surface area (Å²) < 4.78 is 0. The average Bonchev–Trinajstić information content (AvgIpc) is 2.42. The molecule has 0 heterocycles. The van der Waals surface area contributed by atoms with Crippen LogP contribution in [0.5, 0.6) is 0 Å². The van der Waals surface area contributed by atoms with Gasteiger partial charge in [0.05, 0.1) is 11.9 Å². The van der Waals surface area contributed by atoms with Gasteiger partial charge in [0.25, 0.3) is 0 Å². The standard InChI is InChI=1S/C15H19N3/c1-4-8-14(11-12-16-2)13-17-18(3)15-9-6-5-7-10-15/h4-13,16H,1H2,2-3H3/b12-11-,14-8+,17-13+. The lowest BCUT2D eigenvalue weighted by molar-refractivity contribution is 1.02. The van der Waals surface area contributed by atoms with Crippen LogP contribution in [0.1, 0.15) is 0 Å². The van der Waals surface area contributed by atoms with Gasteiger partial charge < -0.3 is 5.32 Å². The quantitative estimate of drug-likeness (QED) is 0.471. The van der Waals surface area contributed by atoms with Crippen LogP contribution in [-0.2, 0) is 0 Å². The van der Waals surface area contributed by atoms with Crippen LogP contribution in [-0.4, -0.2) is 20.3 Å². The topological polar surface area (TPSA) is 27.6 Å². The van der Waals surface area contributed by atoms with E-state index in [9.17, 15) is 0 Å². The molecule has 0 aliphatic rings. The fourth-order valence-corrected chi connectivity index (χ4v) is 1.32. The molecule has 1 N–H and O–H groups in total. The molecule has 0 fully saturated rings. The van der Waals surface area contributed by atoms with Gasteiger partial charge in [0.2, 0.25) is 0 Å². The van der Waals surface area contributed by atoms with E-state index in [1.807, 2.05) is 67.8 Å². The second-order valence-corrected chi connectivity index (χ2v) is 3.63. The molecule has 0 saturated heterocycles. The van der Waals surface area contributed by atoms with E-state index in [-0.39, 0.29) is 0 Å². The van der Waals surface area contributed by atoms with Gasteiger partial charge in [-0.25, -0.2) is 0 Å². The molecule has 0 saturated carbocycles. The number of hydrogen-bond acceptors (Lipinski definition) is 3. The minimum atomic E-state index is 0.974. The minimum Gasteiger partial charge on any atom is -0.394 e. The summed E-state index contributed by atoms with van der Waals surface area (Å²) >= 11 is 0. The number of nitrogens with one attached hydrogen (secondary N) is 1. The monoisotopic (exact) mass is 241 g/mol. The molecule has 1 aromatic rings. The van der Waals surface area contributed by atoms with Crippen molar-refractivity contribution in [3.63, 3.8) is 0 Å². The Balaban J connectivity index is 2.75. The second-order valence-electron chi connectivity index (χ2n) is 3.63. The van der Waals surface area contributed by atoms with Crippen molar-refractivity contribution in [3.05, 3.63) is 66.9 Å². The first kappa shape index (κ1) is 13.8. The van der Waals surface area contributed by atoms with Gasteiger partial charge in [0.1, 0.15) is 0 Å². The third-order valence-electron chi connectivity index (χ3n) is 2.26. The summed E-state index contributed by atoms with van der Waals surface area (Å²) in [5.41, 5.74) is 2.02. The number of anilines is 1. The van der Waals surface area contributed by atoms with Crippen molar-refractivity contribution >= 4 is 11.9 Å². The molecule has 0 radical (unpaired) electrons. The van der Waals surface area contributed by atoms with Crippen molar-refractivity contribution < 1.29 is 0 Å². The lowest BCUT2D eigenvalue weighted by atomic mass is 10.2. The summed E-state index contributed by atoms with van der Waals surface area (Å²) in [6, 6.07) is 9.99. The summed E-state index contributed by atoms with van der Waals surface area (Å²) in [5, 5.41) is 9.15. The fourth-order valence-electron chi connectivity index (χ4n) is 1.32. The molecular weight excluding hydrogens is 222 g/mol. The first-order chi connectivity index (χ1) is 8.77. The first-order valence-electron chi connectivity index (χ1n) is 5.77. The van der Waals surface area contributed by atoms with Gasteiger partial charge in [-0.2, -0.15) is 5.10 Å². The van der Waals surface area contributed by atoms with Crippen molar-refractivity contribution in [2.45, 2.75) is 0 Å². The zero-order valence-corrected chi connectivity index (χ0v) is 10.9. The summed E-state index contributed by atoms with van der Waals surface area (Å²) in [5.74, 6) is 0. The molecule has 1 aromatic carbocycles. The predicted octanol–water partition coefficient (Wildman–Crippen LogP) is 2.95. The first-order valence-corrected chi connectivity index (χ1v) is 5.77. The normalized spacial score (nSPS) is 12.0. The van der Waals surface area contributed by atoms with Crippen LogP contribution in [0.25, 0.3) is 0 Å². The maximum Gasteiger partial charge on any atom is 0.0590 e. The van der Waals surface area contributed by atoms with Gasteiger partial charge in [0.15, 0.2) is 0 Å². The van der Waals surface area contributed by atoms with E-state index in [1.54, 1.807) is 12.3 Å². The lowest BCUT2D eigenvalue weighted by Gasteiger charge is -2.12. The van der Waals surface area contributed by atoms with Gasteiger partial charge in [-0.15, -0.1) is 0 Å². The highest BCUT2D eigenvalue weighted by Crippen LogP contribution is 2.10. The number of para-hydroxylation sites is 1. The zero-order chi connectivity index (χ0) is 13.2. The van der Waals surface area contributed by atoms with Crippen LogP contribution >= 0.6 is 0 Å². The molecule has 0 spiro atoms. The summed E-state index contributed by atoms with van der Waals surface area (Å²) in [7, 11) is 3.77. The molecule has 94 valence electrons. The number of hydrazone groups is 1. The molecule has 1 rings (SSSR count). The predicted molar refractivity (Wildman–Crippen MR) is 79.8 cm³/mol. The van der Waals surface area contributed by atoms with Crippen LogP contribution in [0.15, 0.2) is 72.0 Å². The maximum absolute atomic E-state index is 4.38. The van der Waals surface area contributed by atoms with Gasteiger partial charge in [0, 0.05) is 14.1 Å². The van der Waals surface area contributed by atoms with Crippen molar-refractivity contribution in [1.82, 2.24) is 5.32 Å². The molecular formula is C15H19N3. The summed E-state index contributed by atoms with van der Waals surface area (Å²) in [4.78, 5) is 0. The van der Waals surface area contributed by atoms with E-state index in [0.29, 0.717) is 0 Å². The number of hydrogen-bond donors (Lipinski definition) is 1. The summed E-state index contributed by atoms with van der Waals surface area (Å²) in [6.45, 7) is 3.69. The molecule has 0 atom stereocenters. The van der Waals surface area contributed by atoms with Gasteiger partial charge in [-0.3, -0.25) is 5.01 Å². The highest BCUT2D eigenvalue weighted by Gasteiger charge is 1.95. The van der Waals surface area contributed by atoms with Crippen molar-refractivity contribution in [3.8, 4) is 0 Å². The average molecular weight is 241 g/mol. The van der Waals surface area contributed by atoms with Gasteiger partial charge >= 0.3 is 0 Å². The van der Waals surface area contributed by atoms with Crippen LogP contribution in [0.3, 0.4) is 0 Å². The molecule has 3 nitrogen and oxygen atoms in total. The Morgan fingerprint density at radius 1 is 1.33 bits per heavy atom. The molecule has 0 aromatic heterocycles. The maximum atomic E-state index is 4.38. The van der Waals surface area contributed by atoms with Crippen LogP contribution in [0.2, 0.25) is 0 Å². The Bertz CT molecular complexity index is 444. The molecule has 0 amide bonds. The van der Waals surface area contributed by atoms with E-state index in [4.69, 9.17) is 0 Å². The Labute approximate surface area is 109 Å². The third kappa shape index (κ3) is 4.70. The van der Waals surface area contributed by atoms with Crippen molar-refractivity contribution in [1.29, 1.82) is 0 Å². The van der Waals surface area contributed by atoms with Crippen LogP contribution in [0.4, 0.5) is 5.69 Å². The Kier molecular flexibility index (Phi) is 6.04. The SMILES string of the molecule is C=C/C=C(\C=C/NC)/C=N/N(C)c1ccccc1. The van der Waals surface area contributed by atoms with Crippen LogP contribution in [0, 0.1) is 0 Å². The molecule has 0 aliphatic carbocycles. The highest BCUT2D eigenvalue weighted by atomic mass is 15.4. The van der Waals surface area contributed by atoms with Crippen molar-refractivity contribution in [2.75, 3.05) is 19.1 Å². The van der Waals surface area contributed by atoms with Gasteiger partial charge in [-0.1, -0.05) is 36.9 Å². The molecule has 18 heavy (non-hydrogen) atoms. The minimum absolute atomic E-state index is 0.974. The molecule has 0 unspecified atom stereocenters. The third-order valence-corrected chi connectivity index (χ3v) is 2.26. The Morgan fingerprint density at radius 2 is 2.06 bits per heavy atom. The summed E-state index contributed by atoms with van der Waals surface area (Å²) in [6.07, 6.45) is 9.22. The number of allylic oxidation sites excluding steroid dienone is 4. The number of rotatable bonds is 6. The number of nitrogens with zero attached hydrogens (tertiary/aromatic N) is 2. The van der Waals surface area contributed by atoms with E-state index in [1.165, 1.54) is 0 Å². The van der Waals surface area contributed by atoms with E-state index in [0.717, 1.165) is 11.3 Å². The zero-order valence-electron chi connectivity index (χ0n) is 10.9. The molecule has 3 heteroatoms. The van der Waals surface area contributed by atoms with Crippen molar-refractivity contribution in [2.24, 2.45) is 5.10 Å². The lowest BCUT2D eigenvalue weighted by Crippen LogP contribution is -2.08. The molecule has 0 aliphatic heterocycles. The van der Waals surface area contributed by atoms with E-state index >= 15 is 0 Å². The van der Waals surface area contributed by atoms with Gasteiger partial charge in [-0.05, 0) is 30.0 Å². The second kappa shape index (κ2) is 7.90. The fraction of sp³-hybridized carbons (Fsp3) is 0.133. The highest BCUT2D eigenvalue weighted by molar-refractivity contribution is 5.83. The largest absolute Gasteiger partial charge is 0.394 e. The van der Waals surface area contributed by atoms with E-state index < -0.39 is 0 Å². The van der Waals surface area contributed by atoms with E-state index in [2.05, 4.69) is 17.0 Å². The number of benzene rings is 1. The molecule has 0 bridgehead atoms. The Morgan fingerprint density at radius 3 is 2.67 bits per heavy atom.